The average molecular weight is 456 g/mol. The molecule has 1 atom stereocenters. The number of benzene rings is 1. The molecule has 0 aliphatic carbocycles. The van der Waals surface area contributed by atoms with Crippen molar-refractivity contribution < 1.29 is 46.2 Å². The molecule has 0 heterocycles. The van der Waals surface area contributed by atoms with Crippen LogP contribution < -0.4 is 4.89 Å². The molecule has 0 saturated heterocycles. The quantitative estimate of drug-likeness (QED) is 0.205. The monoisotopic (exact) mass is 456 g/mol. The largest absolute Gasteiger partial charge is 0.471 e. The highest BCUT2D eigenvalue weighted by Crippen LogP contribution is 2.50. The number of rotatable bonds is 12. The molecule has 30 heavy (non-hydrogen) atoms. The molecular weight excluding hydrogens is 432 g/mol. The predicted molar refractivity (Wildman–Crippen MR) is 99.0 cm³/mol. The number of alkyl halides is 3. The zero-order valence-electron chi connectivity index (χ0n) is 16.8. The number of amides is 1. The summed E-state index contributed by atoms with van der Waals surface area (Å²) in [6.07, 6.45) is -6.53. The third-order valence-corrected chi connectivity index (χ3v) is 4.90. The first-order chi connectivity index (χ1) is 14.0. The number of halogens is 3. The van der Waals surface area contributed by atoms with Gasteiger partial charge in [0, 0.05) is 13.1 Å². The van der Waals surface area contributed by atoms with E-state index in [2.05, 4.69) is 4.74 Å². The van der Waals surface area contributed by atoms with Crippen molar-refractivity contribution >= 4 is 19.5 Å². The van der Waals surface area contributed by atoms with Crippen LogP contribution >= 0.6 is 7.60 Å². The Hall–Kier alpha value is -2.14. The Labute approximate surface area is 172 Å². The first-order valence-corrected chi connectivity index (χ1v) is 10.7. The maximum atomic E-state index is 13.2. The van der Waals surface area contributed by atoms with Crippen molar-refractivity contribution in [1.29, 1.82) is 0 Å². The van der Waals surface area contributed by atoms with Crippen LogP contribution in [0, 0.1) is 0 Å². The first kappa shape index (κ1) is 25.9. The molecule has 1 rings (SSSR count). The van der Waals surface area contributed by atoms with E-state index in [1.807, 2.05) is 0 Å². The van der Waals surface area contributed by atoms with Gasteiger partial charge in [-0.2, -0.15) is 18.2 Å². The summed E-state index contributed by atoms with van der Waals surface area (Å²) in [4.78, 5) is 28.4. The standard InChI is InChI=1S/C17H24F3N2O7P/c1-4-22(5-2)28-30(25,29-27-14-10-8-7-9-11-14)13-21(12-15(23)26-6-3)16(24)17(18,19)20/h7-11H,4-6,12-13H2,1-3H3. The Kier molecular flexibility index (Phi) is 10.3. The Balaban J connectivity index is 3.13. The van der Waals surface area contributed by atoms with E-state index < -0.39 is 38.5 Å². The number of hydrogen-bond acceptors (Lipinski definition) is 8. The van der Waals surface area contributed by atoms with E-state index in [4.69, 9.17) is 14.2 Å². The smallest absolute Gasteiger partial charge is 0.465 e. The van der Waals surface area contributed by atoms with Gasteiger partial charge in [-0.1, -0.05) is 36.7 Å². The maximum absolute atomic E-state index is 13.2. The fourth-order valence-electron chi connectivity index (χ4n) is 2.09. The van der Waals surface area contributed by atoms with Crippen LogP contribution in [0.1, 0.15) is 20.8 Å². The van der Waals surface area contributed by atoms with E-state index in [-0.39, 0.29) is 30.3 Å². The van der Waals surface area contributed by atoms with Crippen LogP contribution in [0.25, 0.3) is 0 Å². The van der Waals surface area contributed by atoms with Gasteiger partial charge in [-0.15, -0.1) is 0 Å². The van der Waals surface area contributed by atoms with E-state index in [9.17, 15) is 27.3 Å². The van der Waals surface area contributed by atoms with Crippen LogP contribution in [0.3, 0.4) is 0 Å². The molecule has 0 aliphatic heterocycles. The number of carbonyl (C=O) groups is 2. The molecule has 13 heteroatoms. The van der Waals surface area contributed by atoms with Gasteiger partial charge in [-0.05, 0) is 19.1 Å². The lowest BCUT2D eigenvalue weighted by Gasteiger charge is -2.29. The first-order valence-electron chi connectivity index (χ1n) is 9.01. The molecule has 0 radical (unpaired) electrons. The molecule has 170 valence electrons. The summed E-state index contributed by atoms with van der Waals surface area (Å²) >= 11 is 0. The lowest BCUT2D eigenvalue weighted by Crippen LogP contribution is -2.45. The van der Waals surface area contributed by atoms with E-state index >= 15 is 0 Å². The van der Waals surface area contributed by atoms with Crippen molar-refractivity contribution in [2.45, 2.75) is 26.9 Å². The Morgan fingerprint density at radius 3 is 2.17 bits per heavy atom. The van der Waals surface area contributed by atoms with Gasteiger partial charge in [-0.3, -0.25) is 14.2 Å². The lowest BCUT2D eigenvalue weighted by molar-refractivity contribution is -0.187. The lowest BCUT2D eigenvalue weighted by atomic mass is 10.3. The van der Waals surface area contributed by atoms with Crippen molar-refractivity contribution in [2.75, 3.05) is 32.5 Å². The van der Waals surface area contributed by atoms with Gasteiger partial charge in [0.05, 0.1) is 6.61 Å². The summed E-state index contributed by atoms with van der Waals surface area (Å²) in [5.74, 6) is -3.42. The van der Waals surface area contributed by atoms with Crippen LogP contribution in [0.4, 0.5) is 13.2 Å². The van der Waals surface area contributed by atoms with E-state index in [0.29, 0.717) is 0 Å². The number of ether oxygens (including phenoxy) is 1. The van der Waals surface area contributed by atoms with E-state index in [0.717, 1.165) is 5.06 Å². The van der Waals surface area contributed by atoms with Crippen LogP contribution in [0.5, 0.6) is 5.75 Å². The summed E-state index contributed by atoms with van der Waals surface area (Å²) in [6.45, 7) is 3.92. The molecular formula is C17H24F3N2O7P. The summed E-state index contributed by atoms with van der Waals surface area (Å²) in [5, 5.41) is 1.15. The number of para-hydroxylation sites is 1. The van der Waals surface area contributed by atoms with Crippen LogP contribution in [0.15, 0.2) is 30.3 Å². The number of carbonyl (C=O) groups excluding carboxylic acids is 2. The minimum atomic E-state index is -5.33. The molecule has 0 saturated carbocycles. The molecule has 0 aromatic heterocycles. The highest BCUT2D eigenvalue weighted by Gasteiger charge is 2.46. The highest BCUT2D eigenvalue weighted by molar-refractivity contribution is 7.53. The molecule has 0 fully saturated rings. The minimum absolute atomic E-state index is 0.00335. The van der Waals surface area contributed by atoms with E-state index in [1.165, 1.54) is 19.1 Å². The number of nitrogens with zero attached hydrogens (tertiary/aromatic N) is 2. The van der Waals surface area contributed by atoms with Crippen molar-refractivity contribution in [3.05, 3.63) is 30.3 Å². The predicted octanol–water partition coefficient (Wildman–Crippen LogP) is 3.38. The second-order valence-corrected chi connectivity index (χ2v) is 7.54. The molecule has 1 unspecified atom stereocenters. The van der Waals surface area contributed by atoms with Gasteiger partial charge in [0.2, 0.25) is 0 Å². The molecule has 9 nitrogen and oxygen atoms in total. The summed E-state index contributed by atoms with van der Waals surface area (Å²) in [7, 11) is -4.53. The molecule has 1 aromatic rings. The zero-order chi connectivity index (χ0) is 22.8. The summed E-state index contributed by atoms with van der Waals surface area (Å²) in [6, 6.07) is 7.71. The molecule has 1 amide bonds. The Bertz CT molecular complexity index is 730. The summed E-state index contributed by atoms with van der Waals surface area (Å²) in [5.41, 5.74) is 0. The van der Waals surface area contributed by atoms with Gasteiger partial charge in [0.15, 0.2) is 5.75 Å². The van der Waals surface area contributed by atoms with Crippen molar-refractivity contribution in [3.63, 3.8) is 0 Å². The fourth-order valence-corrected chi connectivity index (χ4v) is 3.65. The third-order valence-electron chi connectivity index (χ3n) is 3.43. The number of hydroxylamine groups is 2. The van der Waals surface area contributed by atoms with Crippen LogP contribution in [0.2, 0.25) is 0 Å². The van der Waals surface area contributed by atoms with Gasteiger partial charge < -0.3 is 14.5 Å². The third kappa shape index (κ3) is 8.70. The highest BCUT2D eigenvalue weighted by atomic mass is 31.2. The second kappa shape index (κ2) is 11.9. The average Bonchev–Trinajstić information content (AvgIpc) is 2.70. The molecule has 0 N–H and O–H groups in total. The molecule has 0 bridgehead atoms. The van der Waals surface area contributed by atoms with Crippen LogP contribution in [-0.4, -0.2) is 60.5 Å². The molecule has 0 aliphatic rings. The van der Waals surface area contributed by atoms with Crippen LogP contribution in [-0.2, 0) is 28.2 Å². The Morgan fingerprint density at radius 2 is 1.67 bits per heavy atom. The molecule has 0 spiro atoms. The second-order valence-electron chi connectivity index (χ2n) is 5.73. The number of hydrogen-bond donors (Lipinski definition) is 0. The number of esters is 1. The van der Waals surface area contributed by atoms with Crippen molar-refractivity contribution in [3.8, 4) is 5.75 Å². The minimum Gasteiger partial charge on any atom is -0.465 e. The van der Waals surface area contributed by atoms with Gasteiger partial charge >= 0.3 is 25.6 Å². The SMILES string of the molecule is CCOC(=O)CN(CP(=O)(OOc1ccccc1)ON(CC)CC)C(=O)C(F)(F)F. The molecule has 1 aromatic carbocycles. The Morgan fingerprint density at radius 1 is 1.07 bits per heavy atom. The topological polar surface area (TPSA) is 94.6 Å². The summed E-state index contributed by atoms with van der Waals surface area (Å²) < 4.78 is 66.8. The van der Waals surface area contributed by atoms with Gasteiger partial charge in [-0.25, -0.2) is 4.62 Å². The van der Waals surface area contributed by atoms with Crippen molar-refractivity contribution in [2.24, 2.45) is 0 Å². The normalized spacial score (nSPS) is 13.6. The van der Waals surface area contributed by atoms with Gasteiger partial charge in [0.25, 0.3) is 0 Å². The zero-order valence-corrected chi connectivity index (χ0v) is 17.6. The van der Waals surface area contributed by atoms with Crippen molar-refractivity contribution in [1.82, 2.24) is 9.96 Å². The van der Waals surface area contributed by atoms with Gasteiger partial charge in [0.1, 0.15) is 12.8 Å². The fraction of sp³-hybridized carbons (Fsp3) is 0.529. The maximum Gasteiger partial charge on any atom is 0.471 e. The van der Waals surface area contributed by atoms with E-state index in [1.54, 1.807) is 32.0 Å².